The van der Waals surface area contributed by atoms with Gasteiger partial charge in [-0.15, -0.1) is 13.2 Å². The summed E-state index contributed by atoms with van der Waals surface area (Å²) in [4.78, 5) is 18.8. The van der Waals surface area contributed by atoms with E-state index in [1.165, 1.54) is 21.7 Å². The van der Waals surface area contributed by atoms with Crippen LogP contribution in [0.1, 0.15) is 18.4 Å². The molecule has 0 saturated carbocycles. The third-order valence-electron chi connectivity index (χ3n) is 7.87. The Labute approximate surface area is 245 Å². The average Bonchev–Trinajstić information content (AvgIpc) is 3.47. The van der Waals surface area contributed by atoms with Gasteiger partial charge in [0.2, 0.25) is 0 Å². The molecule has 2 aliphatic heterocycles. The number of piperazine rings is 1. The maximum Gasteiger partial charge on any atom is 0.573 e. The minimum Gasteiger partial charge on any atom is -0.401 e. The van der Waals surface area contributed by atoms with Crippen molar-refractivity contribution in [2.75, 3.05) is 49.1 Å². The van der Waals surface area contributed by atoms with E-state index >= 15 is 4.39 Å². The van der Waals surface area contributed by atoms with Gasteiger partial charge in [-0.2, -0.15) is 0 Å². The van der Waals surface area contributed by atoms with Crippen LogP contribution in [-0.4, -0.2) is 55.1 Å². The maximum atomic E-state index is 15.7. The number of alkyl halides is 3. The number of fused-ring (bicyclic) bond motifs is 1. The van der Waals surface area contributed by atoms with Crippen molar-refractivity contribution in [2.24, 2.45) is 0 Å². The quantitative estimate of drug-likeness (QED) is 0.233. The van der Waals surface area contributed by atoms with E-state index < -0.39 is 23.4 Å². The van der Waals surface area contributed by atoms with E-state index in [0.29, 0.717) is 23.8 Å². The van der Waals surface area contributed by atoms with Gasteiger partial charge in [0.15, 0.2) is 17.0 Å². The highest BCUT2D eigenvalue weighted by Gasteiger charge is 2.37. The van der Waals surface area contributed by atoms with Crippen LogP contribution >= 0.6 is 11.6 Å². The minimum atomic E-state index is -5.12. The molecule has 220 valence electrons. The highest BCUT2D eigenvalue weighted by molar-refractivity contribution is 6.30. The van der Waals surface area contributed by atoms with E-state index in [-0.39, 0.29) is 29.7 Å². The van der Waals surface area contributed by atoms with E-state index in [1.54, 1.807) is 24.3 Å². The van der Waals surface area contributed by atoms with Crippen LogP contribution in [0, 0.1) is 5.82 Å². The molecule has 3 aromatic carbocycles. The number of benzene rings is 3. The summed E-state index contributed by atoms with van der Waals surface area (Å²) in [5, 5.41) is 0.370. The van der Waals surface area contributed by atoms with Gasteiger partial charge in [-0.25, -0.2) is 4.39 Å². The lowest BCUT2D eigenvalue weighted by atomic mass is 10.1. The van der Waals surface area contributed by atoms with E-state index in [0.717, 1.165) is 49.8 Å². The zero-order chi connectivity index (χ0) is 29.4. The molecule has 0 atom stereocenters. The molecular weight excluding hydrogens is 572 g/mol. The van der Waals surface area contributed by atoms with Crippen LogP contribution in [0.15, 0.2) is 71.7 Å². The van der Waals surface area contributed by atoms with Gasteiger partial charge >= 0.3 is 6.36 Å². The SMILES string of the molecule is O=c1ccn(-c2ccc(CN3CCCC3)cc2)c2c(OC(F)(F)F)c(N3CCN(c4cccc(Cl)c4)CC3)c(F)cc12. The second kappa shape index (κ2) is 11.5. The summed E-state index contributed by atoms with van der Waals surface area (Å²) in [6.07, 6.45) is -1.38. The molecule has 11 heteroatoms. The van der Waals surface area contributed by atoms with Crippen molar-refractivity contribution in [3.63, 3.8) is 0 Å². The van der Waals surface area contributed by atoms with Crippen molar-refractivity contribution in [3.8, 4) is 11.4 Å². The third-order valence-corrected chi connectivity index (χ3v) is 8.11. The first-order chi connectivity index (χ1) is 20.2. The van der Waals surface area contributed by atoms with Crippen LogP contribution in [0.4, 0.5) is 28.9 Å². The van der Waals surface area contributed by atoms with Gasteiger partial charge in [0.25, 0.3) is 0 Å². The van der Waals surface area contributed by atoms with Gasteiger partial charge in [-0.3, -0.25) is 9.69 Å². The summed E-state index contributed by atoms with van der Waals surface area (Å²) in [5.41, 5.74) is 1.41. The average molecular weight is 601 g/mol. The highest BCUT2D eigenvalue weighted by atomic mass is 35.5. The standard InChI is InChI=1S/C31H29ClF4N4O2/c32-22-4-3-5-24(18-22)38-14-16-39(17-15-38)29-26(33)19-25-27(41)10-13-40(28(25)30(29)42-31(34,35)36)23-8-6-21(7-9-23)20-37-11-1-2-12-37/h3-10,13,18-19H,1-2,11-12,14-17,20H2. The fraction of sp³-hybridized carbons (Fsp3) is 0.323. The van der Waals surface area contributed by atoms with Crippen LogP contribution in [0.5, 0.6) is 5.75 Å². The fourth-order valence-corrected chi connectivity index (χ4v) is 6.07. The molecule has 6 rings (SSSR count). The number of pyridine rings is 1. The largest absolute Gasteiger partial charge is 0.573 e. The predicted molar refractivity (Wildman–Crippen MR) is 157 cm³/mol. The molecule has 2 fully saturated rings. The Bertz CT molecular complexity index is 1640. The summed E-state index contributed by atoms with van der Waals surface area (Å²) in [6, 6.07) is 16.9. The molecule has 0 aliphatic carbocycles. The predicted octanol–water partition coefficient (Wildman–Crippen LogP) is 6.60. The number of likely N-dealkylation sites (tertiary alicyclic amines) is 1. The molecule has 0 radical (unpaired) electrons. The Kier molecular flexibility index (Phi) is 7.76. The van der Waals surface area contributed by atoms with Crippen LogP contribution in [0.3, 0.4) is 0 Å². The van der Waals surface area contributed by atoms with Gasteiger partial charge in [0.05, 0.1) is 5.39 Å². The first kappa shape index (κ1) is 28.4. The lowest BCUT2D eigenvalue weighted by Crippen LogP contribution is -2.47. The Morgan fingerprint density at radius 1 is 0.833 bits per heavy atom. The van der Waals surface area contributed by atoms with Crippen molar-refractivity contribution in [3.05, 3.63) is 93.5 Å². The van der Waals surface area contributed by atoms with Crippen molar-refractivity contribution in [1.82, 2.24) is 9.47 Å². The van der Waals surface area contributed by atoms with Crippen molar-refractivity contribution < 1.29 is 22.3 Å². The molecule has 42 heavy (non-hydrogen) atoms. The summed E-state index contributed by atoms with van der Waals surface area (Å²) in [6.45, 7) is 4.14. The lowest BCUT2D eigenvalue weighted by molar-refractivity contribution is -0.274. The second-order valence-corrected chi connectivity index (χ2v) is 11.1. The van der Waals surface area contributed by atoms with Crippen LogP contribution < -0.4 is 20.0 Å². The Morgan fingerprint density at radius 2 is 1.52 bits per heavy atom. The molecule has 2 aliphatic rings. The van der Waals surface area contributed by atoms with Crippen LogP contribution in [0.25, 0.3) is 16.6 Å². The molecule has 1 aromatic heterocycles. The second-order valence-electron chi connectivity index (χ2n) is 10.6. The van der Waals surface area contributed by atoms with E-state index in [2.05, 4.69) is 9.64 Å². The summed E-state index contributed by atoms with van der Waals surface area (Å²) < 4.78 is 63.3. The molecule has 2 saturated heterocycles. The molecular formula is C31H29ClF4N4O2. The maximum absolute atomic E-state index is 15.7. The fourth-order valence-electron chi connectivity index (χ4n) is 5.88. The summed E-state index contributed by atoms with van der Waals surface area (Å²) >= 11 is 6.13. The molecule has 6 nitrogen and oxygen atoms in total. The van der Waals surface area contributed by atoms with Gasteiger partial charge < -0.3 is 19.1 Å². The smallest absolute Gasteiger partial charge is 0.401 e. The molecule has 3 heterocycles. The summed E-state index contributed by atoms with van der Waals surface area (Å²) in [5.74, 6) is -1.68. The zero-order valence-corrected chi connectivity index (χ0v) is 23.5. The molecule has 0 amide bonds. The lowest BCUT2D eigenvalue weighted by Gasteiger charge is -2.38. The van der Waals surface area contributed by atoms with E-state index in [9.17, 15) is 18.0 Å². The zero-order valence-electron chi connectivity index (χ0n) is 22.7. The number of anilines is 2. The Morgan fingerprint density at radius 3 is 2.19 bits per heavy atom. The van der Waals surface area contributed by atoms with Gasteiger partial charge in [-0.1, -0.05) is 29.8 Å². The van der Waals surface area contributed by atoms with Gasteiger partial charge in [0.1, 0.15) is 11.2 Å². The monoisotopic (exact) mass is 600 g/mol. The normalized spacial score (nSPS) is 16.4. The van der Waals surface area contributed by atoms with Gasteiger partial charge in [0, 0.05) is 61.4 Å². The van der Waals surface area contributed by atoms with E-state index in [1.807, 2.05) is 29.2 Å². The summed E-state index contributed by atoms with van der Waals surface area (Å²) in [7, 11) is 0. The van der Waals surface area contributed by atoms with Crippen LogP contribution in [0.2, 0.25) is 5.02 Å². The Hall–Kier alpha value is -3.76. The molecule has 0 N–H and O–H groups in total. The number of rotatable bonds is 6. The van der Waals surface area contributed by atoms with Crippen molar-refractivity contribution >= 4 is 33.9 Å². The molecule has 0 bridgehead atoms. The van der Waals surface area contributed by atoms with E-state index in [4.69, 9.17) is 11.6 Å². The number of hydrogen-bond acceptors (Lipinski definition) is 5. The third kappa shape index (κ3) is 5.91. The highest BCUT2D eigenvalue weighted by Crippen LogP contribution is 2.42. The van der Waals surface area contributed by atoms with Crippen molar-refractivity contribution in [1.29, 1.82) is 0 Å². The topological polar surface area (TPSA) is 41.0 Å². The molecule has 4 aromatic rings. The Balaban J connectivity index is 1.41. The van der Waals surface area contributed by atoms with Gasteiger partial charge in [-0.05, 0) is 67.9 Å². The first-order valence-corrected chi connectivity index (χ1v) is 14.2. The molecule has 0 unspecified atom stereocenters. The van der Waals surface area contributed by atoms with Crippen molar-refractivity contribution in [2.45, 2.75) is 25.7 Å². The number of halogens is 5. The number of nitrogens with zero attached hydrogens (tertiary/aromatic N) is 4. The molecule has 0 spiro atoms. The number of hydrogen-bond donors (Lipinski definition) is 0. The van der Waals surface area contributed by atoms with Crippen LogP contribution in [-0.2, 0) is 6.54 Å². The minimum absolute atomic E-state index is 0.138. The first-order valence-electron chi connectivity index (χ1n) is 13.9. The number of ether oxygens (including phenoxy) is 1. The number of aromatic nitrogens is 1.